The molecule has 4 nitrogen and oxygen atoms in total. The van der Waals surface area contributed by atoms with E-state index < -0.39 is 6.36 Å². The first-order valence-electron chi connectivity index (χ1n) is 6.36. The molecule has 0 saturated heterocycles. The van der Waals surface area contributed by atoms with Gasteiger partial charge in [-0.3, -0.25) is 0 Å². The van der Waals surface area contributed by atoms with E-state index in [2.05, 4.69) is 20.0 Å². The lowest BCUT2D eigenvalue weighted by molar-refractivity contribution is -0.274. The number of nitrogens with one attached hydrogen (secondary N) is 1. The van der Waals surface area contributed by atoms with Crippen LogP contribution < -0.4 is 10.1 Å². The van der Waals surface area contributed by atoms with Gasteiger partial charge in [0.25, 0.3) is 0 Å². The van der Waals surface area contributed by atoms with Crippen molar-refractivity contribution in [2.75, 3.05) is 5.32 Å². The third kappa shape index (κ3) is 4.94. The Kier molecular flexibility index (Phi) is 4.62. The highest BCUT2D eigenvalue weighted by atomic mass is 19.4. The summed E-state index contributed by atoms with van der Waals surface area (Å²) in [5, 5.41) is 2.94. The molecule has 0 saturated carbocycles. The number of ether oxygens (including phenoxy) is 1. The molecule has 1 aromatic heterocycles. The molecule has 0 fully saturated rings. The molecule has 0 aliphatic carbocycles. The first kappa shape index (κ1) is 15.1. The van der Waals surface area contributed by atoms with Gasteiger partial charge >= 0.3 is 6.36 Å². The van der Waals surface area contributed by atoms with E-state index in [-0.39, 0.29) is 5.75 Å². The molecule has 1 N–H and O–H groups in total. The SMILES string of the molecule is CCc1cc(CNc2ncccn2)cc(OC(F)(F)F)c1. The summed E-state index contributed by atoms with van der Waals surface area (Å²) in [5.74, 6) is 0.199. The van der Waals surface area contributed by atoms with Crippen LogP contribution in [-0.2, 0) is 13.0 Å². The predicted octanol–water partition coefficient (Wildman–Crippen LogP) is 3.55. The van der Waals surface area contributed by atoms with Gasteiger partial charge in [-0.25, -0.2) is 9.97 Å². The zero-order valence-electron chi connectivity index (χ0n) is 11.3. The first-order chi connectivity index (χ1) is 9.96. The molecule has 1 aromatic carbocycles. The van der Waals surface area contributed by atoms with Crippen molar-refractivity contribution < 1.29 is 17.9 Å². The Hall–Kier alpha value is -2.31. The van der Waals surface area contributed by atoms with Crippen LogP contribution >= 0.6 is 0 Å². The smallest absolute Gasteiger partial charge is 0.406 e. The van der Waals surface area contributed by atoms with Crippen LogP contribution in [0, 0.1) is 0 Å². The van der Waals surface area contributed by atoms with E-state index >= 15 is 0 Å². The summed E-state index contributed by atoms with van der Waals surface area (Å²) >= 11 is 0. The van der Waals surface area contributed by atoms with Crippen LogP contribution in [-0.4, -0.2) is 16.3 Å². The highest BCUT2D eigenvalue weighted by Gasteiger charge is 2.31. The summed E-state index contributed by atoms with van der Waals surface area (Å²) < 4.78 is 40.9. The topological polar surface area (TPSA) is 47.0 Å². The number of aromatic nitrogens is 2. The summed E-state index contributed by atoms with van der Waals surface area (Å²) in [7, 11) is 0. The third-order valence-corrected chi connectivity index (χ3v) is 2.68. The summed E-state index contributed by atoms with van der Waals surface area (Å²) in [6.45, 7) is 2.18. The van der Waals surface area contributed by atoms with Crippen LogP contribution in [0.3, 0.4) is 0 Å². The highest BCUT2D eigenvalue weighted by Crippen LogP contribution is 2.25. The second-order valence-corrected chi connectivity index (χ2v) is 4.31. The van der Waals surface area contributed by atoms with Crippen LogP contribution in [0.1, 0.15) is 18.1 Å². The van der Waals surface area contributed by atoms with Crippen LogP contribution in [0.4, 0.5) is 19.1 Å². The number of nitrogens with zero attached hydrogens (tertiary/aromatic N) is 2. The lowest BCUT2D eigenvalue weighted by Crippen LogP contribution is -2.17. The van der Waals surface area contributed by atoms with Gasteiger partial charge in [-0.1, -0.05) is 13.0 Å². The van der Waals surface area contributed by atoms with Crippen LogP contribution in [0.15, 0.2) is 36.7 Å². The van der Waals surface area contributed by atoms with E-state index in [1.807, 2.05) is 13.0 Å². The average Bonchev–Trinajstić information content (AvgIpc) is 2.44. The maximum absolute atomic E-state index is 12.3. The summed E-state index contributed by atoms with van der Waals surface area (Å²) in [6.07, 6.45) is -0.921. The lowest BCUT2D eigenvalue weighted by atomic mass is 10.1. The fourth-order valence-corrected chi connectivity index (χ4v) is 1.80. The van der Waals surface area contributed by atoms with Crippen molar-refractivity contribution >= 4 is 5.95 Å². The Labute approximate surface area is 120 Å². The number of hydrogen-bond donors (Lipinski definition) is 1. The number of anilines is 1. The largest absolute Gasteiger partial charge is 0.573 e. The predicted molar refractivity (Wildman–Crippen MR) is 71.9 cm³/mol. The van der Waals surface area contributed by atoms with Crippen molar-refractivity contribution in [1.29, 1.82) is 0 Å². The monoisotopic (exact) mass is 297 g/mol. The highest BCUT2D eigenvalue weighted by molar-refractivity contribution is 5.37. The summed E-state index contributed by atoms with van der Waals surface area (Å²) in [6, 6.07) is 6.23. The normalized spacial score (nSPS) is 11.2. The van der Waals surface area contributed by atoms with Gasteiger partial charge in [0, 0.05) is 18.9 Å². The number of benzene rings is 1. The standard InChI is InChI=1S/C14H14F3N3O/c1-2-10-6-11(8-12(7-10)21-14(15,16)17)9-20-13-18-4-3-5-19-13/h3-8H,2,9H2,1H3,(H,18,19,20). The van der Waals surface area contributed by atoms with Gasteiger partial charge in [0.15, 0.2) is 0 Å². The Morgan fingerprint density at radius 3 is 2.38 bits per heavy atom. The molecule has 2 rings (SSSR count). The van der Waals surface area contributed by atoms with Crippen molar-refractivity contribution in [2.24, 2.45) is 0 Å². The molecule has 0 radical (unpaired) electrons. The van der Waals surface area contributed by atoms with Gasteiger partial charge in [0.05, 0.1) is 0 Å². The van der Waals surface area contributed by atoms with E-state index in [1.54, 1.807) is 18.5 Å². The minimum atomic E-state index is -4.69. The molecular formula is C14H14F3N3O. The average molecular weight is 297 g/mol. The molecule has 0 bridgehead atoms. The molecule has 112 valence electrons. The van der Waals surface area contributed by atoms with Gasteiger partial charge < -0.3 is 10.1 Å². The molecule has 1 heterocycles. The molecular weight excluding hydrogens is 283 g/mol. The zero-order chi connectivity index (χ0) is 15.3. The quantitative estimate of drug-likeness (QED) is 0.917. The molecule has 21 heavy (non-hydrogen) atoms. The van der Waals surface area contributed by atoms with Gasteiger partial charge in [-0.15, -0.1) is 13.2 Å². The lowest BCUT2D eigenvalue weighted by Gasteiger charge is -2.12. The number of alkyl halides is 3. The molecule has 0 spiro atoms. The van der Waals surface area contributed by atoms with E-state index in [4.69, 9.17) is 0 Å². The maximum atomic E-state index is 12.3. The Morgan fingerprint density at radius 2 is 1.76 bits per heavy atom. The molecule has 0 aliphatic heterocycles. The Morgan fingerprint density at radius 1 is 1.10 bits per heavy atom. The first-order valence-corrected chi connectivity index (χ1v) is 6.36. The number of rotatable bonds is 5. The Bertz CT molecular complexity index is 588. The number of aryl methyl sites for hydroxylation is 1. The third-order valence-electron chi connectivity index (χ3n) is 2.68. The fourth-order valence-electron chi connectivity index (χ4n) is 1.80. The fraction of sp³-hybridized carbons (Fsp3) is 0.286. The van der Waals surface area contributed by atoms with E-state index in [9.17, 15) is 13.2 Å². The van der Waals surface area contributed by atoms with Crippen molar-refractivity contribution in [3.8, 4) is 5.75 Å². The number of halogens is 3. The maximum Gasteiger partial charge on any atom is 0.573 e. The summed E-state index contributed by atoms with van der Waals surface area (Å²) in [5.41, 5.74) is 1.43. The minimum Gasteiger partial charge on any atom is -0.406 e. The van der Waals surface area contributed by atoms with Crippen molar-refractivity contribution in [1.82, 2.24) is 9.97 Å². The van der Waals surface area contributed by atoms with Gasteiger partial charge in [-0.05, 0) is 35.7 Å². The van der Waals surface area contributed by atoms with Crippen molar-refractivity contribution in [3.05, 3.63) is 47.8 Å². The molecule has 7 heteroatoms. The van der Waals surface area contributed by atoms with Crippen molar-refractivity contribution in [2.45, 2.75) is 26.3 Å². The Balaban J connectivity index is 2.13. The molecule has 0 aliphatic rings. The second-order valence-electron chi connectivity index (χ2n) is 4.31. The van der Waals surface area contributed by atoms with Gasteiger partial charge in [-0.2, -0.15) is 0 Å². The van der Waals surface area contributed by atoms with E-state index in [0.717, 1.165) is 5.56 Å². The molecule has 0 amide bonds. The van der Waals surface area contributed by atoms with Crippen LogP contribution in [0.2, 0.25) is 0 Å². The summed E-state index contributed by atoms with van der Waals surface area (Å²) in [4.78, 5) is 7.97. The zero-order valence-corrected chi connectivity index (χ0v) is 11.3. The van der Waals surface area contributed by atoms with Gasteiger partial charge in [0.1, 0.15) is 5.75 Å². The van der Waals surface area contributed by atoms with Gasteiger partial charge in [0.2, 0.25) is 5.95 Å². The molecule has 0 atom stereocenters. The second kappa shape index (κ2) is 6.43. The molecule has 2 aromatic rings. The number of hydrogen-bond acceptors (Lipinski definition) is 4. The molecule has 0 unspecified atom stereocenters. The minimum absolute atomic E-state index is 0.215. The van der Waals surface area contributed by atoms with Crippen LogP contribution in [0.25, 0.3) is 0 Å². The van der Waals surface area contributed by atoms with Crippen LogP contribution in [0.5, 0.6) is 5.75 Å². The van der Waals surface area contributed by atoms with E-state index in [1.165, 1.54) is 12.1 Å². The van der Waals surface area contributed by atoms with E-state index in [0.29, 0.717) is 24.5 Å². The van der Waals surface area contributed by atoms with Crippen molar-refractivity contribution in [3.63, 3.8) is 0 Å².